The molecule has 1 aliphatic rings. The molecule has 2 heterocycles. The third kappa shape index (κ3) is 3.67. The van der Waals surface area contributed by atoms with E-state index in [4.69, 9.17) is 4.98 Å². The molecule has 1 aromatic heterocycles. The van der Waals surface area contributed by atoms with Crippen molar-refractivity contribution in [2.24, 2.45) is 0 Å². The van der Waals surface area contributed by atoms with Crippen LogP contribution in [0.3, 0.4) is 0 Å². The van der Waals surface area contributed by atoms with Crippen LogP contribution >= 0.6 is 0 Å². The van der Waals surface area contributed by atoms with Crippen LogP contribution in [-0.4, -0.2) is 24.6 Å². The van der Waals surface area contributed by atoms with Crippen LogP contribution in [0.25, 0.3) is 0 Å². The van der Waals surface area contributed by atoms with Gasteiger partial charge in [0.2, 0.25) is 17.5 Å². The Labute approximate surface area is 176 Å². The van der Waals surface area contributed by atoms with Crippen molar-refractivity contribution in [1.82, 2.24) is 4.98 Å². The van der Waals surface area contributed by atoms with E-state index in [1.54, 1.807) is 0 Å². The summed E-state index contributed by atoms with van der Waals surface area (Å²) in [4.78, 5) is 9.38. The molecule has 2 aromatic rings. The highest BCUT2D eigenvalue weighted by atomic mass is 16.5. The smallest absolute Gasteiger partial charge is 0.238 e. The molecule has 5 nitrogen and oxygen atoms in total. The van der Waals surface area contributed by atoms with Crippen molar-refractivity contribution >= 4 is 17.3 Å². The predicted octanol–water partition coefficient (Wildman–Crippen LogP) is 5.00. The van der Waals surface area contributed by atoms with Crippen LogP contribution in [0.1, 0.15) is 68.6 Å². The first kappa shape index (κ1) is 21.4. The van der Waals surface area contributed by atoms with E-state index in [0.29, 0.717) is 5.82 Å². The number of unbranched alkanes of at least 4 members (excludes halogenated alkanes) is 1. The molecule has 0 unspecified atom stereocenters. The number of anilines is 3. The zero-order chi connectivity index (χ0) is 21.5. The van der Waals surface area contributed by atoms with Gasteiger partial charge in [0.1, 0.15) is 5.69 Å². The summed E-state index contributed by atoms with van der Waals surface area (Å²) in [5.74, 6) is 2.25. The Balaban J connectivity index is 2.26. The second-order valence-electron chi connectivity index (χ2n) is 9.13. The molecule has 1 aliphatic heterocycles. The van der Waals surface area contributed by atoms with Crippen molar-refractivity contribution in [3.8, 4) is 0 Å². The van der Waals surface area contributed by atoms with Gasteiger partial charge in [0, 0.05) is 25.4 Å². The van der Waals surface area contributed by atoms with Gasteiger partial charge in [-0.25, -0.2) is 4.73 Å². The molecule has 1 aromatic carbocycles. The molecule has 5 heteroatoms. The van der Waals surface area contributed by atoms with Gasteiger partial charge in [-0.05, 0) is 45.2 Å². The summed E-state index contributed by atoms with van der Waals surface area (Å²) in [6.45, 7) is 19.7. The van der Waals surface area contributed by atoms with Crippen molar-refractivity contribution in [1.29, 1.82) is 0 Å². The number of rotatable bonds is 6. The molecule has 0 saturated heterocycles. The molecule has 0 bridgehead atoms. The van der Waals surface area contributed by atoms with E-state index in [-0.39, 0.29) is 5.41 Å². The van der Waals surface area contributed by atoms with Gasteiger partial charge in [-0.1, -0.05) is 49.9 Å². The quantitative estimate of drug-likeness (QED) is 0.509. The van der Waals surface area contributed by atoms with E-state index < -0.39 is 0 Å². The lowest BCUT2D eigenvalue weighted by Gasteiger charge is -2.27. The molecule has 0 aliphatic carbocycles. The van der Waals surface area contributed by atoms with E-state index in [0.717, 1.165) is 60.1 Å². The summed E-state index contributed by atoms with van der Waals surface area (Å²) in [6.07, 6.45) is 2.26. The van der Waals surface area contributed by atoms with Crippen LogP contribution in [0.4, 0.5) is 17.3 Å². The minimum Gasteiger partial charge on any atom is -0.740 e. The molecular weight excluding hydrogens is 360 g/mol. The number of nitrogens with zero attached hydrogens (tertiary/aromatic N) is 4. The van der Waals surface area contributed by atoms with E-state index in [9.17, 15) is 5.21 Å². The zero-order valence-electron chi connectivity index (χ0n) is 19.4. The van der Waals surface area contributed by atoms with Crippen molar-refractivity contribution < 1.29 is 4.73 Å². The number of hydrogen-bond acceptors (Lipinski definition) is 4. The lowest BCUT2D eigenvalue weighted by Crippen LogP contribution is -2.40. The molecule has 0 spiro atoms. The first-order valence-corrected chi connectivity index (χ1v) is 10.9. The van der Waals surface area contributed by atoms with Crippen molar-refractivity contribution in [2.75, 3.05) is 29.4 Å². The fourth-order valence-corrected chi connectivity index (χ4v) is 4.78. The first-order valence-electron chi connectivity index (χ1n) is 10.9. The van der Waals surface area contributed by atoms with Crippen LogP contribution in [-0.2, 0) is 5.41 Å². The summed E-state index contributed by atoms with van der Waals surface area (Å²) in [6, 6.07) is 4.41. The Morgan fingerprint density at radius 1 is 1.14 bits per heavy atom. The van der Waals surface area contributed by atoms with E-state index in [1.807, 2.05) is 6.92 Å². The van der Waals surface area contributed by atoms with Gasteiger partial charge in [-0.2, -0.15) is 0 Å². The maximum Gasteiger partial charge on any atom is 0.238 e. The van der Waals surface area contributed by atoms with Gasteiger partial charge in [0.25, 0.3) is 0 Å². The summed E-state index contributed by atoms with van der Waals surface area (Å²) in [5.41, 5.74) is 5.73. The fraction of sp³-hybridized carbons (Fsp3) is 0.583. The third-order valence-corrected chi connectivity index (χ3v) is 6.06. The highest BCUT2D eigenvalue weighted by molar-refractivity contribution is 5.76. The van der Waals surface area contributed by atoms with Crippen molar-refractivity contribution in [3.05, 3.63) is 45.4 Å². The second-order valence-corrected chi connectivity index (χ2v) is 9.13. The lowest BCUT2D eigenvalue weighted by molar-refractivity contribution is -0.602. The van der Waals surface area contributed by atoms with Gasteiger partial charge in [0.05, 0.1) is 12.1 Å². The Morgan fingerprint density at radius 2 is 1.76 bits per heavy atom. The van der Waals surface area contributed by atoms with Gasteiger partial charge in [-0.3, -0.25) is 4.90 Å². The maximum absolute atomic E-state index is 13.3. The molecule has 0 N–H and O–H groups in total. The minimum atomic E-state index is -0.166. The highest BCUT2D eigenvalue weighted by Gasteiger charge is 2.47. The van der Waals surface area contributed by atoms with Crippen LogP contribution in [0, 0.1) is 32.9 Å². The number of aromatic nitrogens is 2. The Morgan fingerprint density at radius 3 is 2.31 bits per heavy atom. The van der Waals surface area contributed by atoms with E-state index >= 15 is 0 Å². The van der Waals surface area contributed by atoms with Crippen LogP contribution < -0.4 is 14.5 Å². The Hall–Kier alpha value is -2.30. The number of aryl methyl sites for hydroxylation is 4. The van der Waals surface area contributed by atoms with Crippen molar-refractivity contribution in [2.45, 2.75) is 73.6 Å². The average molecular weight is 397 g/mol. The molecule has 0 radical (unpaired) electrons. The maximum atomic E-state index is 13.3. The average Bonchev–Trinajstić information content (AvgIpc) is 2.90. The Kier molecular flexibility index (Phi) is 5.79. The monoisotopic (exact) mass is 396 g/mol. The number of hydrogen-bond donors (Lipinski definition) is 0. The lowest BCUT2D eigenvalue weighted by atomic mass is 9.87. The zero-order valence-corrected chi connectivity index (χ0v) is 19.4. The molecule has 0 atom stereocenters. The largest absolute Gasteiger partial charge is 0.740 e. The van der Waals surface area contributed by atoms with E-state index in [1.165, 1.54) is 16.7 Å². The standard InChI is InChI=1S/C24H36N4O/c1-9-11-12-26(10-2)22-20-23(28(29)19(6)25-22)27(15-24(20,7)8)21-17(4)13-16(3)14-18(21)5/h13-14H,9-12,15H2,1-8H3. The molecule has 3 rings (SSSR count). The van der Waals surface area contributed by atoms with Gasteiger partial charge in [0.15, 0.2) is 0 Å². The second kappa shape index (κ2) is 7.85. The predicted molar refractivity (Wildman–Crippen MR) is 121 cm³/mol. The topological polar surface area (TPSA) is 46.3 Å². The normalized spacial score (nSPS) is 15.0. The highest BCUT2D eigenvalue weighted by Crippen LogP contribution is 2.47. The van der Waals surface area contributed by atoms with Crippen LogP contribution in [0.5, 0.6) is 0 Å². The van der Waals surface area contributed by atoms with E-state index in [2.05, 4.69) is 70.4 Å². The molecule has 0 fully saturated rings. The van der Waals surface area contributed by atoms with Gasteiger partial charge >= 0.3 is 0 Å². The van der Waals surface area contributed by atoms with Crippen molar-refractivity contribution in [3.63, 3.8) is 0 Å². The summed E-state index contributed by atoms with van der Waals surface area (Å²) >= 11 is 0. The molecular formula is C24H36N4O. The summed E-state index contributed by atoms with van der Waals surface area (Å²) in [7, 11) is 0. The summed E-state index contributed by atoms with van der Waals surface area (Å²) < 4.78 is 1.04. The number of benzene rings is 1. The summed E-state index contributed by atoms with van der Waals surface area (Å²) in [5, 5.41) is 13.3. The molecule has 29 heavy (non-hydrogen) atoms. The Bertz CT molecular complexity index is 897. The molecule has 0 amide bonds. The molecule has 0 saturated carbocycles. The fourth-order valence-electron chi connectivity index (χ4n) is 4.78. The molecule has 158 valence electrons. The minimum absolute atomic E-state index is 0.166. The SMILES string of the molecule is CCCCN(CC)c1nc(C)[n+]([O-])c2c1C(C)(C)CN2c1c(C)cc(C)cc1C. The van der Waals surface area contributed by atoms with Gasteiger partial charge in [-0.15, -0.1) is 0 Å². The van der Waals surface area contributed by atoms with Gasteiger partial charge < -0.3 is 10.1 Å². The third-order valence-electron chi connectivity index (χ3n) is 6.06. The van der Waals surface area contributed by atoms with Crippen LogP contribution in [0.2, 0.25) is 0 Å². The number of fused-ring (bicyclic) bond motifs is 1. The first-order chi connectivity index (χ1) is 13.6. The van der Waals surface area contributed by atoms with Crippen LogP contribution in [0.15, 0.2) is 12.1 Å².